The molecule has 0 aliphatic rings. The van der Waals surface area contributed by atoms with Crippen LogP contribution >= 0.6 is 0 Å². The molecular weight excluding hydrogens is 236 g/mol. The average molecular weight is 252 g/mol. The summed E-state index contributed by atoms with van der Waals surface area (Å²) in [7, 11) is 3.86. The van der Waals surface area contributed by atoms with Gasteiger partial charge in [-0.1, -0.05) is 6.07 Å². The number of nitrogens with one attached hydrogen (secondary N) is 1. The maximum absolute atomic E-state index is 8.92. The second-order valence-corrected chi connectivity index (χ2v) is 4.32. The molecule has 0 radical (unpaired) electrons. The summed E-state index contributed by atoms with van der Waals surface area (Å²) in [6.45, 7) is 0.770. The first-order valence-electron chi connectivity index (χ1n) is 6.07. The fourth-order valence-electron chi connectivity index (χ4n) is 1.89. The molecule has 0 aliphatic heterocycles. The van der Waals surface area contributed by atoms with Crippen LogP contribution in [0.2, 0.25) is 0 Å². The average Bonchev–Trinajstić information content (AvgIpc) is 2.47. The van der Waals surface area contributed by atoms with Gasteiger partial charge in [0.05, 0.1) is 11.6 Å². The molecule has 0 amide bonds. The number of rotatable bonds is 4. The molecular formula is C15H16N4. The summed E-state index contributed by atoms with van der Waals surface area (Å²) in [6.07, 6.45) is 1.79. The fourth-order valence-corrected chi connectivity index (χ4v) is 1.89. The minimum absolute atomic E-state index is 0.676. The van der Waals surface area contributed by atoms with Crippen LogP contribution in [0.4, 0.5) is 11.5 Å². The van der Waals surface area contributed by atoms with Gasteiger partial charge in [-0.2, -0.15) is 5.26 Å². The summed E-state index contributed by atoms with van der Waals surface area (Å²) in [5.74, 6) is 0.858. The molecule has 0 fully saturated rings. The standard InChI is InChI=1S/C15H16N4/c1-17-15-9-13(6-7-18-15)11-19(2)14-5-3-4-12(8-14)10-16/h3-9H,11H2,1-2H3,(H,17,18). The highest BCUT2D eigenvalue weighted by atomic mass is 15.1. The number of aromatic nitrogens is 1. The molecule has 0 atom stereocenters. The number of nitriles is 1. The fraction of sp³-hybridized carbons (Fsp3) is 0.200. The second-order valence-electron chi connectivity index (χ2n) is 4.32. The first-order chi connectivity index (χ1) is 9.22. The molecule has 1 heterocycles. The van der Waals surface area contributed by atoms with E-state index in [1.165, 1.54) is 5.56 Å². The zero-order chi connectivity index (χ0) is 13.7. The van der Waals surface area contributed by atoms with Crippen molar-refractivity contribution in [1.29, 1.82) is 5.26 Å². The van der Waals surface area contributed by atoms with Crippen molar-refractivity contribution in [2.45, 2.75) is 6.54 Å². The van der Waals surface area contributed by atoms with E-state index in [-0.39, 0.29) is 0 Å². The van der Waals surface area contributed by atoms with E-state index >= 15 is 0 Å². The van der Waals surface area contributed by atoms with E-state index in [1.54, 1.807) is 6.20 Å². The lowest BCUT2D eigenvalue weighted by Crippen LogP contribution is -2.16. The lowest BCUT2D eigenvalue weighted by molar-refractivity contribution is 0.919. The van der Waals surface area contributed by atoms with Crippen LogP contribution in [0.15, 0.2) is 42.6 Å². The Hall–Kier alpha value is -2.54. The molecule has 19 heavy (non-hydrogen) atoms. The van der Waals surface area contributed by atoms with E-state index in [0.29, 0.717) is 5.56 Å². The number of hydrogen-bond donors (Lipinski definition) is 1. The summed E-state index contributed by atoms with van der Waals surface area (Å²) >= 11 is 0. The van der Waals surface area contributed by atoms with E-state index in [1.807, 2.05) is 50.5 Å². The highest BCUT2D eigenvalue weighted by Crippen LogP contribution is 2.17. The Balaban J connectivity index is 2.15. The van der Waals surface area contributed by atoms with E-state index in [2.05, 4.69) is 21.3 Å². The highest BCUT2D eigenvalue weighted by Gasteiger charge is 2.04. The van der Waals surface area contributed by atoms with Gasteiger partial charge in [-0.25, -0.2) is 4.98 Å². The van der Waals surface area contributed by atoms with Crippen LogP contribution in [0.1, 0.15) is 11.1 Å². The van der Waals surface area contributed by atoms with E-state index in [4.69, 9.17) is 5.26 Å². The topological polar surface area (TPSA) is 52.0 Å². The highest BCUT2D eigenvalue weighted by molar-refractivity contribution is 5.51. The molecule has 0 aliphatic carbocycles. The van der Waals surface area contributed by atoms with Crippen LogP contribution in [-0.2, 0) is 6.54 Å². The van der Waals surface area contributed by atoms with Gasteiger partial charge in [0.25, 0.3) is 0 Å². The molecule has 0 unspecified atom stereocenters. The first-order valence-corrected chi connectivity index (χ1v) is 6.07. The predicted octanol–water partition coefficient (Wildman–Crippen LogP) is 2.63. The lowest BCUT2D eigenvalue weighted by Gasteiger charge is -2.19. The third-order valence-corrected chi connectivity index (χ3v) is 2.92. The minimum atomic E-state index is 0.676. The number of hydrogen-bond acceptors (Lipinski definition) is 4. The molecule has 1 aromatic heterocycles. The predicted molar refractivity (Wildman–Crippen MR) is 77.0 cm³/mol. The van der Waals surface area contributed by atoms with Gasteiger partial charge in [0.2, 0.25) is 0 Å². The van der Waals surface area contributed by atoms with E-state index < -0.39 is 0 Å². The molecule has 96 valence electrons. The van der Waals surface area contributed by atoms with Crippen molar-refractivity contribution >= 4 is 11.5 Å². The Bertz CT molecular complexity index is 601. The van der Waals surface area contributed by atoms with Crippen molar-refractivity contribution in [3.05, 3.63) is 53.7 Å². The first kappa shape index (κ1) is 12.9. The van der Waals surface area contributed by atoms with Crippen molar-refractivity contribution < 1.29 is 0 Å². The van der Waals surface area contributed by atoms with Crippen molar-refractivity contribution in [2.24, 2.45) is 0 Å². The minimum Gasteiger partial charge on any atom is -0.373 e. The van der Waals surface area contributed by atoms with Crippen LogP contribution in [0, 0.1) is 11.3 Å². The van der Waals surface area contributed by atoms with Gasteiger partial charge in [-0.15, -0.1) is 0 Å². The molecule has 1 N–H and O–H groups in total. The molecule has 4 heteroatoms. The number of nitrogens with zero attached hydrogens (tertiary/aromatic N) is 3. The zero-order valence-electron chi connectivity index (χ0n) is 11.1. The SMILES string of the molecule is CNc1cc(CN(C)c2cccc(C#N)c2)ccn1. The van der Waals surface area contributed by atoms with Gasteiger partial charge in [0.15, 0.2) is 0 Å². The molecule has 0 bridgehead atoms. The van der Waals surface area contributed by atoms with Gasteiger partial charge in [0.1, 0.15) is 5.82 Å². The molecule has 1 aromatic carbocycles. The van der Waals surface area contributed by atoms with Crippen molar-refractivity contribution in [2.75, 3.05) is 24.3 Å². The maximum Gasteiger partial charge on any atom is 0.125 e. The normalized spacial score (nSPS) is 9.74. The van der Waals surface area contributed by atoms with Gasteiger partial charge in [-0.3, -0.25) is 0 Å². The van der Waals surface area contributed by atoms with Gasteiger partial charge in [-0.05, 0) is 35.9 Å². The maximum atomic E-state index is 8.92. The molecule has 0 saturated carbocycles. The third kappa shape index (κ3) is 3.23. The van der Waals surface area contributed by atoms with Gasteiger partial charge in [0, 0.05) is 32.5 Å². The van der Waals surface area contributed by atoms with E-state index in [9.17, 15) is 0 Å². The smallest absolute Gasteiger partial charge is 0.125 e. The Morgan fingerprint density at radius 2 is 2.16 bits per heavy atom. The van der Waals surface area contributed by atoms with Crippen molar-refractivity contribution in [3.63, 3.8) is 0 Å². The molecule has 2 rings (SSSR count). The summed E-state index contributed by atoms with van der Waals surface area (Å²) in [6, 6.07) is 13.8. The van der Waals surface area contributed by atoms with E-state index in [0.717, 1.165) is 18.1 Å². The van der Waals surface area contributed by atoms with Crippen LogP contribution in [-0.4, -0.2) is 19.1 Å². The summed E-state index contributed by atoms with van der Waals surface area (Å²) < 4.78 is 0. The third-order valence-electron chi connectivity index (χ3n) is 2.92. The summed E-state index contributed by atoms with van der Waals surface area (Å²) in [5.41, 5.74) is 2.88. The van der Waals surface area contributed by atoms with Crippen LogP contribution in [0.5, 0.6) is 0 Å². The second kappa shape index (κ2) is 5.87. The van der Waals surface area contributed by atoms with Crippen LogP contribution in [0.25, 0.3) is 0 Å². The molecule has 2 aromatic rings. The molecule has 0 spiro atoms. The quantitative estimate of drug-likeness (QED) is 0.908. The van der Waals surface area contributed by atoms with Crippen LogP contribution < -0.4 is 10.2 Å². The number of pyridine rings is 1. The summed E-state index contributed by atoms with van der Waals surface area (Å²) in [5, 5.41) is 11.9. The monoisotopic (exact) mass is 252 g/mol. The zero-order valence-corrected chi connectivity index (χ0v) is 11.1. The van der Waals surface area contributed by atoms with Crippen LogP contribution in [0.3, 0.4) is 0 Å². The Morgan fingerprint density at radius 1 is 1.32 bits per heavy atom. The van der Waals surface area contributed by atoms with Crippen molar-refractivity contribution in [1.82, 2.24) is 4.98 Å². The van der Waals surface area contributed by atoms with Gasteiger partial charge < -0.3 is 10.2 Å². The Labute approximate surface area is 113 Å². The number of anilines is 2. The summed E-state index contributed by atoms with van der Waals surface area (Å²) in [4.78, 5) is 6.30. The Kier molecular flexibility index (Phi) is 3.99. The van der Waals surface area contributed by atoms with Gasteiger partial charge >= 0.3 is 0 Å². The molecule has 4 nitrogen and oxygen atoms in total. The Morgan fingerprint density at radius 3 is 2.89 bits per heavy atom. The number of benzene rings is 1. The lowest BCUT2D eigenvalue weighted by atomic mass is 10.2. The molecule has 0 saturated heterocycles. The van der Waals surface area contributed by atoms with Crippen molar-refractivity contribution in [3.8, 4) is 6.07 Å². The largest absolute Gasteiger partial charge is 0.373 e.